The zero-order valence-electron chi connectivity index (χ0n) is 13.7. The van der Waals surface area contributed by atoms with Gasteiger partial charge in [0.25, 0.3) is 5.91 Å². The van der Waals surface area contributed by atoms with Gasteiger partial charge in [-0.2, -0.15) is 0 Å². The molecule has 2 unspecified atom stereocenters. The molecule has 2 bridgehead atoms. The van der Waals surface area contributed by atoms with Gasteiger partial charge >= 0.3 is 5.63 Å². The fraction of sp³-hybridized carbons (Fsp3) is 0.444. The van der Waals surface area contributed by atoms with E-state index in [-0.39, 0.29) is 31.0 Å². The first-order chi connectivity index (χ1) is 11.7. The van der Waals surface area contributed by atoms with E-state index in [1.54, 1.807) is 24.3 Å². The van der Waals surface area contributed by atoms with Gasteiger partial charge in [0.05, 0.1) is 0 Å². The average molecular weight is 365 g/mol. The van der Waals surface area contributed by atoms with Crippen molar-refractivity contribution < 1.29 is 13.9 Å². The van der Waals surface area contributed by atoms with Crippen LogP contribution in [0.25, 0.3) is 11.0 Å². The maximum Gasteiger partial charge on any atom is 0.336 e. The van der Waals surface area contributed by atoms with Gasteiger partial charge in [0.15, 0.2) is 6.61 Å². The summed E-state index contributed by atoms with van der Waals surface area (Å²) in [4.78, 5) is 23.4. The summed E-state index contributed by atoms with van der Waals surface area (Å²) in [5.41, 5.74) is 0.0493. The van der Waals surface area contributed by atoms with Gasteiger partial charge in [-0.3, -0.25) is 4.79 Å². The summed E-state index contributed by atoms with van der Waals surface area (Å²) in [6.45, 7) is -0.0398. The highest BCUT2D eigenvalue weighted by molar-refractivity contribution is 5.85. The number of ether oxygens (including phenoxy) is 1. The Morgan fingerprint density at radius 1 is 1.20 bits per heavy atom. The molecule has 2 atom stereocenters. The van der Waals surface area contributed by atoms with Gasteiger partial charge in [0.2, 0.25) is 0 Å². The lowest BCUT2D eigenvalue weighted by atomic mass is 10.00. The maximum absolute atomic E-state index is 12.1. The number of carbonyl (C=O) groups is 1. The molecule has 6 nitrogen and oxygen atoms in total. The zero-order chi connectivity index (χ0) is 16.5. The van der Waals surface area contributed by atoms with Crippen LogP contribution in [-0.4, -0.2) is 30.6 Å². The quantitative estimate of drug-likeness (QED) is 0.811. The molecule has 4 rings (SSSR count). The normalized spacial score (nSPS) is 24.6. The van der Waals surface area contributed by atoms with E-state index in [1.165, 1.54) is 18.9 Å². The molecular formula is C18H21ClN2O4. The van der Waals surface area contributed by atoms with Crippen molar-refractivity contribution >= 4 is 29.3 Å². The number of piperidine rings is 1. The number of hydrogen-bond acceptors (Lipinski definition) is 5. The third kappa shape index (κ3) is 4.14. The Labute approximate surface area is 151 Å². The lowest BCUT2D eigenvalue weighted by Crippen LogP contribution is -2.48. The summed E-state index contributed by atoms with van der Waals surface area (Å²) < 4.78 is 10.7. The molecule has 1 aromatic carbocycles. The molecule has 0 radical (unpaired) electrons. The highest BCUT2D eigenvalue weighted by atomic mass is 35.5. The second-order valence-electron chi connectivity index (χ2n) is 6.62. The fourth-order valence-electron chi connectivity index (χ4n) is 3.72. The third-order valence-electron chi connectivity index (χ3n) is 4.80. The van der Waals surface area contributed by atoms with Crippen molar-refractivity contribution in [3.05, 3.63) is 40.8 Å². The SMILES string of the molecule is Cl.O=C(COc1ccc2ccc(=O)oc2c1)NC1CC2CCC(C1)N2. The van der Waals surface area contributed by atoms with Crippen LogP contribution in [0, 0.1) is 0 Å². The average Bonchev–Trinajstić information content (AvgIpc) is 2.91. The molecule has 2 aliphatic heterocycles. The Morgan fingerprint density at radius 3 is 2.68 bits per heavy atom. The van der Waals surface area contributed by atoms with Gasteiger partial charge in [-0.05, 0) is 43.9 Å². The molecule has 7 heteroatoms. The molecule has 2 aliphatic rings. The number of benzene rings is 1. The van der Waals surface area contributed by atoms with Crippen LogP contribution in [0.1, 0.15) is 25.7 Å². The maximum atomic E-state index is 12.1. The lowest BCUT2D eigenvalue weighted by molar-refractivity contribution is -0.124. The largest absolute Gasteiger partial charge is 0.484 e. The molecule has 0 saturated carbocycles. The molecule has 2 aromatic rings. The van der Waals surface area contributed by atoms with Crippen LogP contribution in [0.5, 0.6) is 5.75 Å². The second kappa shape index (κ2) is 7.45. The smallest absolute Gasteiger partial charge is 0.336 e. The summed E-state index contributed by atoms with van der Waals surface area (Å²) in [6, 6.07) is 9.59. The van der Waals surface area contributed by atoms with Crippen molar-refractivity contribution in [2.75, 3.05) is 6.61 Å². The van der Waals surface area contributed by atoms with Crippen molar-refractivity contribution in [2.45, 2.75) is 43.8 Å². The van der Waals surface area contributed by atoms with E-state index < -0.39 is 5.63 Å². The van der Waals surface area contributed by atoms with Crippen LogP contribution >= 0.6 is 12.4 Å². The number of halogens is 1. The molecule has 134 valence electrons. The van der Waals surface area contributed by atoms with Crippen LogP contribution in [0.3, 0.4) is 0 Å². The molecule has 2 saturated heterocycles. The van der Waals surface area contributed by atoms with E-state index in [1.807, 2.05) is 0 Å². The minimum atomic E-state index is -0.405. The molecule has 0 spiro atoms. The third-order valence-corrected chi connectivity index (χ3v) is 4.80. The number of nitrogens with one attached hydrogen (secondary N) is 2. The highest BCUT2D eigenvalue weighted by Gasteiger charge is 2.33. The Bertz CT molecular complexity index is 810. The van der Waals surface area contributed by atoms with Crippen LogP contribution in [0.2, 0.25) is 0 Å². The van der Waals surface area contributed by atoms with E-state index in [2.05, 4.69) is 10.6 Å². The van der Waals surface area contributed by atoms with Crippen molar-refractivity contribution in [1.82, 2.24) is 10.6 Å². The fourth-order valence-corrected chi connectivity index (χ4v) is 3.72. The summed E-state index contributed by atoms with van der Waals surface area (Å²) in [5.74, 6) is 0.397. The van der Waals surface area contributed by atoms with Gasteiger partial charge in [-0.15, -0.1) is 12.4 Å². The van der Waals surface area contributed by atoms with Gasteiger partial charge in [0.1, 0.15) is 11.3 Å². The molecule has 2 N–H and O–H groups in total. The van der Waals surface area contributed by atoms with Crippen LogP contribution in [0.4, 0.5) is 0 Å². The summed E-state index contributed by atoms with van der Waals surface area (Å²) >= 11 is 0. The Balaban J connectivity index is 0.00000182. The van der Waals surface area contributed by atoms with E-state index in [9.17, 15) is 9.59 Å². The first kappa shape index (κ1) is 17.8. The van der Waals surface area contributed by atoms with E-state index in [0.717, 1.165) is 18.2 Å². The molecule has 25 heavy (non-hydrogen) atoms. The molecule has 2 fully saturated rings. The second-order valence-corrected chi connectivity index (χ2v) is 6.62. The molecule has 1 aromatic heterocycles. The van der Waals surface area contributed by atoms with E-state index in [0.29, 0.717) is 23.4 Å². The van der Waals surface area contributed by atoms with Crippen LogP contribution < -0.4 is 21.0 Å². The number of carbonyl (C=O) groups excluding carboxylic acids is 1. The predicted molar refractivity (Wildman–Crippen MR) is 96.3 cm³/mol. The Kier molecular flexibility index (Phi) is 5.30. The highest BCUT2D eigenvalue weighted by Crippen LogP contribution is 2.26. The van der Waals surface area contributed by atoms with E-state index in [4.69, 9.17) is 9.15 Å². The van der Waals surface area contributed by atoms with Crippen LogP contribution in [0.15, 0.2) is 39.5 Å². The number of fused-ring (bicyclic) bond motifs is 3. The van der Waals surface area contributed by atoms with Crippen molar-refractivity contribution in [3.8, 4) is 5.75 Å². The Hall–Kier alpha value is -2.05. The molecule has 3 heterocycles. The monoisotopic (exact) mass is 364 g/mol. The van der Waals surface area contributed by atoms with Gasteiger partial charge in [-0.25, -0.2) is 4.79 Å². The molecule has 1 amide bonds. The lowest BCUT2D eigenvalue weighted by Gasteiger charge is -2.29. The summed E-state index contributed by atoms with van der Waals surface area (Å²) in [7, 11) is 0. The Morgan fingerprint density at radius 2 is 1.92 bits per heavy atom. The van der Waals surface area contributed by atoms with Crippen molar-refractivity contribution in [2.24, 2.45) is 0 Å². The zero-order valence-corrected chi connectivity index (χ0v) is 14.5. The predicted octanol–water partition coefficient (Wildman–Crippen LogP) is 1.99. The molecule has 0 aliphatic carbocycles. The standard InChI is InChI=1S/C18H20N2O4.ClH/c21-17(20-14-7-12-3-4-13(8-14)19-12)10-23-15-5-1-11-2-6-18(22)24-16(11)9-15;/h1-2,5-6,9,12-14,19H,3-4,7-8,10H2,(H,20,21);1H. The van der Waals surface area contributed by atoms with Crippen molar-refractivity contribution in [3.63, 3.8) is 0 Å². The number of rotatable bonds is 4. The van der Waals surface area contributed by atoms with Gasteiger partial charge < -0.3 is 19.8 Å². The van der Waals surface area contributed by atoms with Gasteiger partial charge in [0, 0.05) is 35.6 Å². The number of amides is 1. The molecular weight excluding hydrogens is 344 g/mol. The van der Waals surface area contributed by atoms with Crippen molar-refractivity contribution in [1.29, 1.82) is 0 Å². The first-order valence-corrected chi connectivity index (χ1v) is 8.38. The summed E-state index contributed by atoms with van der Waals surface area (Å²) in [6.07, 6.45) is 4.39. The number of hydrogen-bond donors (Lipinski definition) is 2. The minimum absolute atomic E-state index is 0. The van der Waals surface area contributed by atoms with Gasteiger partial charge in [-0.1, -0.05) is 0 Å². The van der Waals surface area contributed by atoms with Crippen LogP contribution in [-0.2, 0) is 4.79 Å². The first-order valence-electron chi connectivity index (χ1n) is 8.38. The summed E-state index contributed by atoms with van der Waals surface area (Å²) in [5, 5.41) is 7.43. The van der Waals surface area contributed by atoms with E-state index >= 15 is 0 Å². The topological polar surface area (TPSA) is 80.6 Å². The minimum Gasteiger partial charge on any atom is -0.484 e.